The van der Waals surface area contributed by atoms with Crippen molar-refractivity contribution in [2.45, 2.75) is 78.4 Å². The van der Waals surface area contributed by atoms with E-state index < -0.39 is 12.1 Å². The van der Waals surface area contributed by atoms with Crippen LogP contribution in [-0.2, 0) is 17.6 Å². The summed E-state index contributed by atoms with van der Waals surface area (Å²) in [5.41, 5.74) is 3.00. The van der Waals surface area contributed by atoms with Gasteiger partial charge in [-0.15, -0.1) is 0 Å². The van der Waals surface area contributed by atoms with Gasteiger partial charge < -0.3 is 19.6 Å². The molecule has 0 saturated heterocycles. The van der Waals surface area contributed by atoms with E-state index in [-0.39, 0.29) is 11.9 Å². The Labute approximate surface area is 214 Å². The Morgan fingerprint density at radius 3 is 2.36 bits per heavy atom. The van der Waals surface area contributed by atoms with Crippen molar-refractivity contribution in [3.8, 4) is 0 Å². The van der Waals surface area contributed by atoms with Crippen molar-refractivity contribution in [2.24, 2.45) is 0 Å². The fraction of sp³-hybridized carbons (Fsp3) is 0.467. The number of rotatable bonds is 14. The van der Waals surface area contributed by atoms with E-state index in [2.05, 4.69) is 19.2 Å². The van der Waals surface area contributed by atoms with E-state index >= 15 is 0 Å². The molecule has 1 aromatic heterocycles. The first-order valence-electron chi connectivity index (χ1n) is 13.1. The van der Waals surface area contributed by atoms with E-state index in [4.69, 9.17) is 9.15 Å². The molecular weight excluding hydrogens is 454 g/mol. The van der Waals surface area contributed by atoms with Crippen molar-refractivity contribution < 1.29 is 23.8 Å². The lowest BCUT2D eigenvalue weighted by Gasteiger charge is -2.12. The fourth-order valence-corrected chi connectivity index (χ4v) is 4.17. The first kappa shape index (κ1) is 27.6. The molecule has 3 rings (SSSR count). The Balaban J connectivity index is 1.85. The Morgan fingerprint density at radius 1 is 1.00 bits per heavy atom. The normalized spacial score (nSPS) is 12.3. The lowest BCUT2D eigenvalue weighted by molar-refractivity contribution is 0.0378. The predicted octanol–water partition coefficient (Wildman–Crippen LogP) is 5.86. The number of unbranched alkanes of at least 4 members (excludes halogenated alkanes) is 2. The average molecular weight is 494 g/mol. The summed E-state index contributed by atoms with van der Waals surface area (Å²) in [4.78, 5) is 26.2. The number of furan rings is 1. The molecule has 0 amide bonds. The fourth-order valence-electron chi connectivity index (χ4n) is 4.17. The second kappa shape index (κ2) is 13.4. The van der Waals surface area contributed by atoms with E-state index in [0.717, 1.165) is 37.8 Å². The highest BCUT2D eigenvalue weighted by atomic mass is 16.5. The van der Waals surface area contributed by atoms with Gasteiger partial charge in [0.05, 0.1) is 23.3 Å². The van der Waals surface area contributed by atoms with Gasteiger partial charge in [0.15, 0.2) is 5.78 Å². The van der Waals surface area contributed by atoms with E-state index in [9.17, 15) is 14.7 Å². The second-order valence-corrected chi connectivity index (χ2v) is 9.61. The molecular formula is C30H39NO5. The number of carbonyl (C=O) groups excluding carboxylic acids is 2. The summed E-state index contributed by atoms with van der Waals surface area (Å²) in [7, 11) is 0. The Bertz CT molecular complexity index is 1150. The predicted molar refractivity (Wildman–Crippen MR) is 143 cm³/mol. The summed E-state index contributed by atoms with van der Waals surface area (Å²) in [6, 6.07) is 12.5. The minimum absolute atomic E-state index is 0.137. The summed E-state index contributed by atoms with van der Waals surface area (Å²) >= 11 is 0. The molecule has 0 aliphatic heterocycles. The maximum Gasteiger partial charge on any atom is 0.338 e. The maximum absolute atomic E-state index is 13.7. The topological polar surface area (TPSA) is 88.8 Å². The van der Waals surface area contributed by atoms with Gasteiger partial charge in [-0.1, -0.05) is 51.0 Å². The van der Waals surface area contributed by atoms with Crippen LogP contribution < -0.4 is 5.32 Å². The van der Waals surface area contributed by atoms with Gasteiger partial charge in [0.2, 0.25) is 0 Å². The number of aliphatic hydroxyl groups is 1. The number of aliphatic hydroxyl groups excluding tert-OH is 1. The Morgan fingerprint density at radius 2 is 1.69 bits per heavy atom. The maximum atomic E-state index is 13.7. The number of ketones is 1. The molecule has 3 aromatic rings. The van der Waals surface area contributed by atoms with Crippen molar-refractivity contribution in [3.63, 3.8) is 0 Å². The lowest BCUT2D eigenvalue weighted by atomic mass is 9.96. The van der Waals surface area contributed by atoms with Crippen molar-refractivity contribution in [1.82, 2.24) is 5.32 Å². The molecule has 1 heterocycles. The number of aryl methyl sites for hydroxylation is 1. The third-order valence-electron chi connectivity index (χ3n) is 6.10. The molecule has 2 aromatic carbocycles. The van der Waals surface area contributed by atoms with Crippen LogP contribution in [0.4, 0.5) is 0 Å². The van der Waals surface area contributed by atoms with Crippen LogP contribution in [0.1, 0.15) is 91.0 Å². The summed E-state index contributed by atoms with van der Waals surface area (Å²) in [5, 5.41) is 14.2. The molecule has 6 nitrogen and oxygen atoms in total. The molecule has 36 heavy (non-hydrogen) atoms. The van der Waals surface area contributed by atoms with Crippen LogP contribution in [0.3, 0.4) is 0 Å². The molecule has 194 valence electrons. The van der Waals surface area contributed by atoms with Crippen LogP contribution in [0.5, 0.6) is 0 Å². The number of nitrogens with one attached hydrogen (secondary N) is 1. The van der Waals surface area contributed by atoms with Gasteiger partial charge in [0.25, 0.3) is 0 Å². The van der Waals surface area contributed by atoms with Crippen LogP contribution >= 0.6 is 0 Å². The third kappa shape index (κ3) is 7.28. The molecule has 0 spiro atoms. The van der Waals surface area contributed by atoms with Crippen molar-refractivity contribution in [3.05, 3.63) is 70.5 Å². The van der Waals surface area contributed by atoms with Gasteiger partial charge in [-0.05, 0) is 63.4 Å². The van der Waals surface area contributed by atoms with Crippen molar-refractivity contribution in [2.75, 3.05) is 13.1 Å². The molecule has 6 heteroatoms. The number of esters is 1. The number of hydrogen-bond acceptors (Lipinski definition) is 6. The zero-order valence-electron chi connectivity index (χ0n) is 21.9. The van der Waals surface area contributed by atoms with Crippen LogP contribution in [0.15, 0.2) is 46.9 Å². The highest BCUT2D eigenvalue weighted by Gasteiger charge is 2.23. The largest absolute Gasteiger partial charge is 0.460 e. The number of carbonyl (C=O) groups is 2. The summed E-state index contributed by atoms with van der Waals surface area (Å²) < 4.78 is 11.4. The van der Waals surface area contributed by atoms with E-state index in [1.807, 2.05) is 12.1 Å². The van der Waals surface area contributed by atoms with Crippen LogP contribution in [0.2, 0.25) is 0 Å². The number of hydrogen-bond donors (Lipinski definition) is 2. The standard InChI is InChI=1S/C30H39NO5/c1-5-7-9-27-28(25-18-23(14-15-26(25)36-27)30(34)35-20(3)4)29(33)22-12-10-21(11-13-22)17-24(32)19-31-16-8-6-2/h10-15,18,20,24,31-32H,5-9,16-17,19H2,1-4H3. The zero-order chi connectivity index (χ0) is 26.1. The number of fused-ring (bicyclic) bond motifs is 1. The molecule has 1 unspecified atom stereocenters. The van der Waals surface area contributed by atoms with Crippen molar-refractivity contribution >= 4 is 22.7 Å². The molecule has 0 bridgehead atoms. The Kier molecular flexibility index (Phi) is 10.3. The molecule has 1 atom stereocenters. The van der Waals surface area contributed by atoms with Gasteiger partial charge in [-0.2, -0.15) is 0 Å². The van der Waals surface area contributed by atoms with Gasteiger partial charge in [-0.25, -0.2) is 4.79 Å². The average Bonchev–Trinajstić information content (AvgIpc) is 3.22. The van der Waals surface area contributed by atoms with Crippen LogP contribution in [0, 0.1) is 0 Å². The van der Waals surface area contributed by atoms with Gasteiger partial charge in [0, 0.05) is 23.9 Å². The van der Waals surface area contributed by atoms with Gasteiger partial charge in [-0.3, -0.25) is 4.79 Å². The monoisotopic (exact) mass is 493 g/mol. The third-order valence-corrected chi connectivity index (χ3v) is 6.10. The van der Waals surface area contributed by atoms with Gasteiger partial charge >= 0.3 is 5.97 Å². The first-order chi connectivity index (χ1) is 17.3. The molecule has 0 saturated carbocycles. The highest BCUT2D eigenvalue weighted by Crippen LogP contribution is 2.31. The minimum Gasteiger partial charge on any atom is -0.460 e. The molecule has 0 aliphatic rings. The van der Waals surface area contributed by atoms with Crippen LogP contribution in [-0.4, -0.2) is 42.2 Å². The molecule has 2 N–H and O–H groups in total. The van der Waals surface area contributed by atoms with Gasteiger partial charge in [0.1, 0.15) is 11.3 Å². The van der Waals surface area contributed by atoms with Crippen molar-refractivity contribution in [1.29, 1.82) is 0 Å². The number of ether oxygens (including phenoxy) is 1. The van der Waals surface area contributed by atoms with E-state index in [1.54, 1.807) is 44.2 Å². The minimum atomic E-state index is -0.481. The highest BCUT2D eigenvalue weighted by molar-refractivity contribution is 6.17. The second-order valence-electron chi connectivity index (χ2n) is 9.61. The smallest absolute Gasteiger partial charge is 0.338 e. The summed E-state index contributed by atoms with van der Waals surface area (Å²) in [6.45, 7) is 9.28. The van der Waals surface area contributed by atoms with E-state index in [0.29, 0.717) is 52.8 Å². The summed E-state index contributed by atoms with van der Waals surface area (Å²) in [5.74, 6) is 0.0835. The lowest BCUT2D eigenvalue weighted by Crippen LogP contribution is -2.29. The molecule has 0 radical (unpaired) electrons. The van der Waals surface area contributed by atoms with Crippen LogP contribution in [0.25, 0.3) is 11.0 Å². The van der Waals surface area contributed by atoms with E-state index in [1.165, 1.54) is 0 Å². The molecule has 0 aliphatic carbocycles. The first-order valence-corrected chi connectivity index (χ1v) is 13.1. The number of benzene rings is 2. The zero-order valence-corrected chi connectivity index (χ0v) is 21.9. The molecule has 0 fully saturated rings. The Hall–Kier alpha value is -2.96. The quantitative estimate of drug-likeness (QED) is 0.166. The summed E-state index contributed by atoms with van der Waals surface area (Å²) in [6.07, 6.45) is 4.53. The SMILES string of the molecule is CCCCNCC(O)Cc1ccc(C(=O)c2c(CCCC)oc3ccc(C(=O)OC(C)C)cc23)cc1.